The van der Waals surface area contributed by atoms with E-state index in [2.05, 4.69) is 88.5 Å². The number of alkyl halides is 1. The Morgan fingerprint density at radius 2 is 1.37 bits per heavy atom. The predicted octanol–water partition coefficient (Wildman–Crippen LogP) is 9.74. The third kappa shape index (κ3) is 5.08. The molecule has 0 aromatic carbocycles. The molecule has 0 aromatic rings. The summed E-state index contributed by atoms with van der Waals surface area (Å²) >= 11 is 7.36. The summed E-state index contributed by atoms with van der Waals surface area (Å²) in [6.45, 7) is 30.6. The third-order valence-electron chi connectivity index (χ3n) is 13.2. The first-order chi connectivity index (χ1) is 16.9. The van der Waals surface area contributed by atoms with Gasteiger partial charge in [-0.2, -0.15) is 0 Å². The van der Waals surface area contributed by atoms with Crippen LogP contribution in [0.1, 0.15) is 114 Å². The first-order valence-electron chi connectivity index (χ1n) is 15.7. The van der Waals surface area contributed by atoms with Gasteiger partial charge in [0.25, 0.3) is 0 Å². The van der Waals surface area contributed by atoms with Crippen LogP contribution in [-0.2, 0) is 8.85 Å². The SMILES string of the molecule is CC(C)(C)[Si](C)(C)O[C@H]1CC[C@H]2[C@@H]3CCC4C[C@@](Cl)(O[Si](C)(C)C(C)(C)C)CC[C@]4(C)[C@H]3[C@](C)(O)C[C@]12C. The molecular formula is C32H61ClO3Si2. The molecule has 3 nitrogen and oxygen atoms in total. The smallest absolute Gasteiger partial charge is 0.194 e. The van der Waals surface area contributed by atoms with Crippen LogP contribution < -0.4 is 0 Å². The Hall–Kier alpha value is 0.604. The summed E-state index contributed by atoms with van der Waals surface area (Å²) in [5, 5.41) is 12.2. The summed E-state index contributed by atoms with van der Waals surface area (Å²) in [5.74, 6) is 2.05. The van der Waals surface area contributed by atoms with Crippen molar-refractivity contribution in [3.63, 3.8) is 0 Å². The number of hydrogen-bond acceptors (Lipinski definition) is 3. The van der Waals surface area contributed by atoms with Crippen molar-refractivity contribution in [3.05, 3.63) is 0 Å². The zero-order valence-corrected chi connectivity index (χ0v) is 29.9. The second-order valence-corrected chi connectivity index (χ2v) is 28.1. The Bertz CT molecular complexity index is 905. The van der Waals surface area contributed by atoms with Crippen LogP contribution in [0.5, 0.6) is 0 Å². The van der Waals surface area contributed by atoms with E-state index in [1.807, 2.05) is 0 Å². The van der Waals surface area contributed by atoms with Crippen molar-refractivity contribution in [3.8, 4) is 0 Å². The van der Waals surface area contributed by atoms with Gasteiger partial charge in [0.15, 0.2) is 16.6 Å². The molecule has 9 atom stereocenters. The van der Waals surface area contributed by atoms with E-state index < -0.39 is 27.3 Å². The van der Waals surface area contributed by atoms with Crippen LogP contribution >= 0.6 is 11.6 Å². The molecule has 222 valence electrons. The zero-order chi connectivity index (χ0) is 29.0. The van der Waals surface area contributed by atoms with Gasteiger partial charge in [0.2, 0.25) is 0 Å². The highest BCUT2D eigenvalue weighted by Crippen LogP contribution is 2.70. The maximum Gasteiger partial charge on any atom is 0.194 e. The molecule has 0 heterocycles. The summed E-state index contributed by atoms with van der Waals surface area (Å²) in [6.07, 6.45) is 8.83. The van der Waals surface area contributed by atoms with Gasteiger partial charge in [-0.1, -0.05) is 67.0 Å². The standard InChI is InChI=1S/C32H61ClO3Si2/c1-27(2,3)37(10,11)35-25-17-16-24-23-15-14-22-20-32(33,36-38(12,13)28(4,5)6)19-18-29(22,7)26(23)31(9,34)21-30(24,25)8/h22-26,34H,14-21H2,1-13H3/t22?,23-,24-,25-,26-,29-,30-,31+,32-/m0/s1. The van der Waals surface area contributed by atoms with Gasteiger partial charge in [-0.15, -0.1) is 0 Å². The molecule has 4 aliphatic rings. The maximum atomic E-state index is 12.4. The summed E-state index contributed by atoms with van der Waals surface area (Å²) < 4.78 is 14.1. The Balaban J connectivity index is 1.58. The molecule has 1 N–H and O–H groups in total. The van der Waals surface area contributed by atoms with E-state index in [0.29, 0.717) is 23.7 Å². The lowest BCUT2D eigenvalue weighted by Crippen LogP contribution is -2.65. The van der Waals surface area contributed by atoms with E-state index in [1.165, 1.54) is 19.3 Å². The normalized spacial score (nSPS) is 46.3. The molecule has 4 rings (SSSR count). The van der Waals surface area contributed by atoms with Crippen LogP contribution in [0.15, 0.2) is 0 Å². The molecule has 0 amide bonds. The van der Waals surface area contributed by atoms with Gasteiger partial charge in [-0.25, -0.2) is 0 Å². The minimum Gasteiger partial charge on any atom is -0.413 e. The second-order valence-electron chi connectivity index (χ2n) is 18.0. The lowest BCUT2D eigenvalue weighted by Gasteiger charge is -2.66. The fourth-order valence-corrected chi connectivity index (χ4v) is 13.1. The maximum absolute atomic E-state index is 12.4. The van der Waals surface area contributed by atoms with E-state index in [0.717, 1.165) is 32.1 Å². The molecule has 0 radical (unpaired) electrons. The summed E-state index contributed by atoms with van der Waals surface area (Å²) in [5.41, 5.74) is -0.518. The number of hydrogen-bond donors (Lipinski definition) is 1. The van der Waals surface area contributed by atoms with E-state index in [4.69, 9.17) is 20.5 Å². The molecular weight excluding hydrogens is 524 g/mol. The second kappa shape index (κ2) is 9.30. The molecule has 0 spiro atoms. The summed E-state index contributed by atoms with van der Waals surface area (Å²) in [6, 6.07) is 0. The Kier molecular flexibility index (Phi) is 7.72. The first kappa shape index (κ1) is 31.5. The number of fused-ring (bicyclic) bond motifs is 5. The Morgan fingerprint density at radius 3 is 1.92 bits per heavy atom. The third-order valence-corrected chi connectivity index (χ3v) is 22.8. The van der Waals surface area contributed by atoms with Gasteiger partial charge in [0.1, 0.15) is 5.06 Å². The Morgan fingerprint density at radius 1 is 0.789 bits per heavy atom. The number of aliphatic hydroxyl groups is 1. The van der Waals surface area contributed by atoms with E-state index in [-0.39, 0.29) is 27.0 Å². The molecule has 1 unspecified atom stereocenters. The Labute approximate surface area is 242 Å². The van der Waals surface area contributed by atoms with Crippen LogP contribution in [0.25, 0.3) is 0 Å². The molecule has 4 aliphatic carbocycles. The molecule has 4 fully saturated rings. The van der Waals surface area contributed by atoms with Crippen molar-refractivity contribution in [1.82, 2.24) is 0 Å². The van der Waals surface area contributed by atoms with Gasteiger partial charge in [-0.3, -0.25) is 0 Å². The fraction of sp³-hybridized carbons (Fsp3) is 1.00. The van der Waals surface area contributed by atoms with Gasteiger partial charge >= 0.3 is 0 Å². The van der Waals surface area contributed by atoms with Crippen LogP contribution in [0, 0.1) is 34.5 Å². The molecule has 4 saturated carbocycles. The first-order valence-corrected chi connectivity index (χ1v) is 21.9. The lowest BCUT2D eigenvalue weighted by atomic mass is 9.41. The van der Waals surface area contributed by atoms with Crippen molar-refractivity contribution in [2.75, 3.05) is 0 Å². The van der Waals surface area contributed by atoms with Gasteiger partial charge < -0.3 is 14.0 Å². The summed E-state index contributed by atoms with van der Waals surface area (Å²) in [4.78, 5) is 0. The topological polar surface area (TPSA) is 38.7 Å². The fourth-order valence-electron chi connectivity index (χ4n) is 9.35. The van der Waals surface area contributed by atoms with Crippen molar-refractivity contribution in [2.24, 2.45) is 34.5 Å². The average molecular weight is 585 g/mol. The van der Waals surface area contributed by atoms with Crippen molar-refractivity contribution in [1.29, 1.82) is 0 Å². The molecule has 0 bridgehead atoms. The van der Waals surface area contributed by atoms with Gasteiger partial charge in [-0.05, 0) is 129 Å². The highest BCUT2D eigenvalue weighted by molar-refractivity contribution is 6.74. The molecule has 0 saturated heterocycles. The highest BCUT2D eigenvalue weighted by Gasteiger charge is 2.68. The summed E-state index contributed by atoms with van der Waals surface area (Å²) in [7, 11) is -3.85. The van der Waals surface area contributed by atoms with E-state index >= 15 is 0 Å². The van der Waals surface area contributed by atoms with Crippen molar-refractivity contribution >= 4 is 28.2 Å². The van der Waals surface area contributed by atoms with Crippen LogP contribution in [0.3, 0.4) is 0 Å². The number of rotatable bonds is 4. The lowest BCUT2D eigenvalue weighted by molar-refractivity contribution is -0.224. The quantitative estimate of drug-likeness (QED) is 0.264. The molecule has 38 heavy (non-hydrogen) atoms. The van der Waals surface area contributed by atoms with Crippen LogP contribution in [0.2, 0.25) is 36.3 Å². The monoisotopic (exact) mass is 584 g/mol. The highest BCUT2D eigenvalue weighted by atomic mass is 35.5. The largest absolute Gasteiger partial charge is 0.413 e. The van der Waals surface area contributed by atoms with E-state index in [1.54, 1.807) is 0 Å². The molecule has 0 aliphatic heterocycles. The van der Waals surface area contributed by atoms with Gasteiger partial charge in [0, 0.05) is 0 Å². The zero-order valence-electron chi connectivity index (χ0n) is 27.2. The van der Waals surface area contributed by atoms with E-state index in [9.17, 15) is 5.11 Å². The minimum atomic E-state index is -1.97. The van der Waals surface area contributed by atoms with Crippen molar-refractivity contribution < 1.29 is 14.0 Å². The van der Waals surface area contributed by atoms with Crippen molar-refractivity contribution in [2.45, 2.75) is 167 Å². The molecule has 6 heteroatoms. The predicted molar refractivity (Wildman–Crippen MR) is 167 cm³/mol. The number of halogens is 1. The van der Waals surface area contributed by atoms with Gasteiger partial charge in [0.05, 0.1) is 11.7 Å². The minimum absolute atomic E-state index is 0.0553. The molecule has 0 aromatic heterocycles. The average Bonchev–Trinajstić information content (AvgIpc) is 3.00. The van der Waals surface area contributed by atoms with Crippen LogP contribution in [-0.4, -0.2) is 38.5 Å². The van der Waals surface area contributed by atoms with Crippen LogP contribution in [0.4, 0.5) is 0 Å².